The van der Waals surface area contributed by atoms with E-state index in [1.54, 1.807) is 6.07 Å². The van der Waals surface area contributed by atoms with Crippen molar-refractivity contribution in [1.82, 2.24) is 9.80 Å². The van der Waals surface area contributed by atoms with Crippen LogP contribution < -0.4 is 14.8 Å². The number of aryl methyl sites for hydroxylation is 1. The molecule has 37 heavy (non-hydrogen) atoms. The first-order valence-corrected chi connectivity index (χ1v) is 12.6. The Kier molecular flexibility index (Phi) is 7.07. The minimum absolute atomic E-state index is 0.00526. The van der Waals surface area contributed by atoms with E-state index in [0.29, 0.717) is 62.8 Å². The highest BCUT2D eigenvalue weighted by Crippen LogP contribution is 2.35. The monoisotopic (exact) mass is 509 g/mol. The van der Waals surface area contributed by atoms with Crippen LogP contribution in [0.15, 0.2) is 36.4 Å². The maximum atomic E-state index is 12.9. The van der Waals surface area contributed by atoms with Gasteiger partial charge in [0, 0.05) is 37.8 Å². The fraction of sp³-hybridized carbons (Fsp3) is 0.444. The van der Waals surface area contributed by atoms with Crippen LogP contribution in [0, 0.1) is 6.92 Å². The van der Waals surface area contributed by atoms with E-state index in [1.165, 1.54) is 4.90 Å². The molecule has 0 radical (unpaired) electrons. The van der Waals surface area contributed by atoms with Gasteiger partial charge in [-0.3, -0.25) is 0 Å². The molecule has 3 aliphatic rings. The lowest BCUT2D eigenvalue weighted by Crippen LogP contribution is -2.50. The molecule has 5 rings (SSSR count). The van der Waals surface area contributed by atoms with Gasteiger partial charge < -0.3 is 34.4 Å². The average molecular weight is 510 g/mol. The average Bonchev–Trinajstić information content (AvgIpc) is 3.06. The number of para-hydroxylation sites is 1. The summed E-state index contributed by atoms with van der Waals surface area (Å²) < 4.78 is 16.7. The molecule has 10 nitrogen and oxygen atoms in total. The normalized spacial score (nSPS) is 18.4. The smallest absolute Gasteiger partial charge is 0.410 e. The number of piperidine rings is 1. The highest BCUT2D eigenvalue weighted by atomic mass is 16.6. The standard InChI is InChI=1S/C27H31N3O7/c1-17-14-18(15-22-24(17)36-13-12-35-22)16-23(25(31)32)37-27(34)29-9-7-20(8-10-29)30-11-6-19-4-2-3-5-21(19)28-26(30)33/h2-5,14-15,20,23H,6-13,16H2,1H3,(H,28,33)(H,31,32)/t23-/m1/s1. The van der Waals surface area contributed by atoms with Crippen LogP contribution in [0.2, 0.25) is 0 Å². The van der Waals surface area contributed by atoms with E-state index < -0.39 is 18.2 Å². The molecule has 0 aromatic heterocycles. The van der Waals surface area contributed by atoms with Crippen molar-refractivity contribution in [2.75, 3.05) is 38.2 Å². The number of urea groups is 1. The molecule has 2 aromatic rings. The van der Waals surface area contributed by atoms with Crippen molar-refractivity contribution in [2.45, 2.75) is 44.8 Å². The second-order valence-corrected chi connectivity index (χ2v) is 9.60. The zero-order chi connectivity index (χ0) is 25.9. The summed E-state index contributed by atoms with van der Waals surface area (Å²) in [6, 6.07) is 11.2. The molecule has 196 valence electrons. The molecule has 1 saturated heterocycles. The summed E-state index contributed by atoms with van der Waals surface area (Å²) in [5.74, 6) is 0.0136. The van der Waals surface area contributed by atoms with Gasteiger partial charge >= 0.3 is 18.1 Å². The third kappa shape index (κ3) is 5.42. The number of nitrogens with one attached hydrogen (secondary N) is 1. The fourth-order valence-corrected chi connectivity index (χ4v) is 5.21. The van der Waals surface area contributed by atoms with E-state index in [4.69, 9.17) is 14.2 Å². The Labute approximate surface area is 215 Å². The Balaban J connectivity index is 1.17. The van der Waals surface area contributed by atoms with E-state index in [9.17, 15) is 19.5 Å². The maximum Gasteiger partial charge on any atom is 0.410 e. The summed E-state index contributed by atoms with van der Waals surface area (Å²) >= 11 is 0. The zero-order valence-corrected chi connectivity index (χ0v) is 20.8. The highest BCUT2D eigenvalue weighted by Gasteiger charge is 2.33. The summed E-state index contributed by atoms with van der Waals surface area (Å²) in [4.78, 5) is 41.0. The molecule has 0 saturated carbocycles. The van der Waals surface area contributed by atoms with Crippen molar-refractivity contribution in [1.29, 1.82) is 0 Å². The van der Waals surface area contributed by atoms with Crippen LogP contribution in [-0.4, -0.2) is 78.0 Å². The second-order valence-electron chi connectivity index (χ2n) is 9.60. The van der Waals surface area contributed by atoms with Gasteiger partial charge in [-0.15, -0.1) is 0 Å². The number of amides is 3. The van der Waals surface area contributed by atoms with E-state index in [-0.39, 0.29) is 18.5 Å². The van der Waals surface area contributed by atoms with Crippen LogP contribution in [0.5, 0.6) is 11.5 Å². The molecule has 0 aliphatic carbocycles. The lowest BCUT2D eigenvalue weighted by atomic mass is 10.0. The van der Waals surface area contributed by atoms with Gasteiger partial charge in [0.25, 0.3) is 0 Å². The number of aliphatic carboxylic acids is 1. The number of benzene rings is 2. The molecule has 10 heteroatoms. The number of anilines is 1. The van der Waals surface area contributed by atoms with Crippen molar-refractivity contribution < 1.29 is 33.7 Å². The number of carboxylic acid groups (broad SMARTS) is 1. The van der Waals surface area contributed by atoms with Crippen molar-refractivity contribution in [3.63, 3.8) is 0 Å². The molecule has 0 bridgehead atoms. The Bertz CT molecular complexity index is 1190. The molecular weight excluding hydrogens is 478 g/mol. The minimum atomic E-state index is -1.33. The van der Waals surface area contributed by atoms with E-state index >= 15 is 0 Å². The second kappa shape index (κ2) is 10.6. The van der Waals surface area contributed by atoms with Crippen molar-refractivity contribution in [3.05, 3.63) is 53.1 Å². The third-order valence-electron chi connectivity index (χ3n) is 7.13. The van der Waals surface area contributed by atoms with E-state index in [2.05, 4.69) is 5.32 Å². The first-order valence-electron chi connectivity index (χ1n) is 12.6. The largest absolute Gasteiger partial charge is 0.486 e. The lowest BCUT2D eigenvalue weighted by molar-refractivity contribution is -0.147. The molecule has 2 N–H and O–H groups in total. The molecule has 2 aromatic carbocycles. The number of carbonyl (C=O) groups is 3. The fourth-order valence-electron chi connectivity index (χ4n) is 5.21. The number of fused-ring (bicyclic) bond motifs is 2. The molecule has 3 aliphatic heterocycles. The number of rotatable bonds is 5. The predicted octanol–water partition coefficient (Wildman–Crippen LogP) is 3.45. The summed E-state index contributed by atoms with van der Waals surface area (Å²) in [6.07, 6.45) is -0.0223. The van der Waals surface area contributed by atoms with Gasteiger partial charge in [0.15, 0.2) is 11.5 Å². The molecular formula is C27H31N3O7. The van der Waals surface area contributed by atoms with Gasteiger partial charge in [-0.05, 0) is 55.0 Å². The van der Waals surface area contributed by atoms with Crippen molar-refractivity contribution >= 4 is 23.8 Å². The van der Waals surface area contributed by atoms with Gasteiger partial charge in [-0.25, -0.2) is 14.4 Å². The summed E-state index contributed by atoms with van der Waals surface area (Å²) in [5, 5.41) is 12.7. The van der Waals surface area contributed by atoms with Crippen LogP contribution in [0.25, 0.3) is 0 Å². The van der Waals surface area contributed by atoms with Gasteiger partial charge in [0.2, 0.25) is 6.10 Å². The Hall–Kier alpha value is -3.95. The first kappa shape index (κ1) is 24.7. The molecule has 3 amide bonds. The van der Waals surface area contributed by atoms with Crippen LogP contribution >= 0.6 is 0 Å². The number of ether oxygens (including phenoxy) is 3. The highest BCUT2D eigenvalue weighted by molar-refractivity contribution is 5.91. The Morgan fingerprint density at radius 3 is 2.68 bits per heavy atom. The van der Waals surface area contributed by atoms with Gasteiger partial charge in [-0.1, -0.05) is 24.3 Å². The van der Waals surface area contributed by atoms with Gasteiger partial charge in [-0.2, -0.15) is 0 Å². The molecule has 1 fully saturated rings. The molecule has 0 spiro atoms. The van der Waals surface area contributed by atoms with Crippen LogP contribution in [0.3, 0.4) is 0 Å². The topological polar surface area (TPSA) is 118 Å². The first-order chi connectivity index (χ1) is 17.9. The Morgan fingerprint density at radius 1 is 1.14 bits per heavy atom. The van der Waals surface area contributed by atoms with Gasteiger partial charge in [0.1, 0.15) is 13.2 Å². The number of likely N-dealkylation sites (tertiary alicyclic amines) is 1. The zero-order valence-electron chi connectivity index (χ0n) is 20.8. The van der Waals surface area contributed by atoms with Crippen molar-refractivity contribution in [3.8, 4) is 11.5 Å². The number of carbonyl (C=O) groups excluding carboxylic acids is 2. The third-order valence-corrected chi connectivity index (χ3v) is 7.13. The van der Waals surface area contributed by atoms with Crippen LogP contribution in [-0.2, 0) is 22.4 Å². The summed E-state index contributed by atoms with van der Waals surface area (Å²) in [5.41, 5.74) is 3.47. The number of hydrogen-bond donors (Lipinski definition) is 2. The summed E-state index contributed by atoms with van der Waals surface area (Å²) in [6.45, 7) is 4.14. The lowest BCUT2D eigenvalue weighted by Gasteiger charge is -2.37. The molecule has 3 heterocycles. The molecule has 0 unspecified atom stereocenters. The number of nitrogens with zero attached hydrogens (tertiary/aromatic N) is 2. The van der Waals surface area contributed by atoms with E-state index in [0.717, 1.165) is 23.2 Å². The minimum Gasteiger partial charge on any atom is -0.486 e. The quantitative estimate of drug-likeness (QED) is 0.634. The van der Waals surface area contributed by atoms with E-state index in [1.807, 2.05) is 42.2 Å². The maximum absolute atomic E-state index is 12.9. The van der Waals surface area contributed by atoms with Gasteiger partial charge in [0.05, 0.1) is 0 Å². The van der Waals surface area contributed by atoms with Crippen LogP contribution in [0.4, 0.5) is 15.3 Å². The predicted molar refractivity (Wildman–Crippen MR) is 134 cm³/mol. The Morgan fingerprint density at radius 2 is 1.89 bits per heavy atom. The van der Waals surface area contributed by atoms with Crippen molar-refractivity contribution in [2.24, 2.45) is 0 Å². The summed E-state index contributed by atoms with van der Waals surface area (Å²) in [7, 11) is 0. The number of hydrogen-bond acceptors (Lipinski definition) is 6. The SMILES string of the molecule is Cc1cc(C[C@@H](OC(=O)N2CCC(N3CCc4ccccc4NC3=O)CC2)C(=O)O)cc2c1OCCO2. The number of carboxylic acids is 1. The van der Waals surface area contributed by atoms with Crippen LogP contribution in [0.1, 0.15) is 29.5 Å². The molecule has 1 atom stereocenters.